The highest BCUT2D eigenvalue weighted by Gasteiger charge is 2.12. The van der Waals surface area contributed by atoms with Gasteiger partial charge in [0.15, 0.2) is 0 Å². The number of hydrogen-bond acceptors (Lipinski definition) is 4. The molecule has 4 nitrogen and oxygen atoms in total. The van der Waals surface area contributed by atoms with E-state index in [4.69, 9.17) is 9.47 Å². The van der Waals surface area contributed by atoms with Crippen molar-refractivity contribution in [2.75, 3.05) is 6.61 Å². The second kappa shape index (κ2) is 13.9. The van der Waals surface area contributed by atoms with Crippen LogP contribution in [0.1, 0.15) is 72.6 Å². The highest BCUT2D eigenvalue weighted by Crippen LogP contribution is 2.07. The van der Waals surface area contributed by atoms with E-state index in [9.17, 15) is 9.59 Å². The lowest BCUT2D eigenvalue weighted by Gasteiger charge is -2.13. The summed E-state index contributed by atoms with van der Waals surface area (Å²) in [5, 5.41) is 0. The number of rotatable bonds is 10. The van der Waals surface area contributed by atoms with Crippen molar-refractivity contribution in [3.05, 3.63) is 11.6 Å². The Balaban J connectivity index is 3.90. The van der Waals surface area contributed by atoms with E-state index in [2.05, 4.69) is 18.8 Å². The summed E-state index contributed by atoms with van der Waals surface area (Å²) in [6.45, 7) is 8.23. The van der Waals surface area contributed by atoms with Crippen LogP contribution < -0.4 is 0 Å². The molecule has 1 unspecified atom stereocenters. The Labute approximate surface area is 140 Å². The Bertz CT molecular complexity index is 436. The minimum Gasteiger partial charge on any atom is -0.461 e. The Morgan fingerprint density at radius 3 is 2.39 bits per heavy atom. The predicted molar refractivity (Wildman–Crippen MR) is 91.7 cm³/mol. The summed E-state index contributed by atoms with van der Waals surface area (Å²) < 4.78 is 10.4. The summed E-state index contributed by atoms with van der Waals surface area (Å²) in [6.07, 6.45) is 5.84. The van der Waals surface area contributed by atoms with Crippen molar-refractivity contribution >= 4 is 11.9 Å². The molecule has 0 N–H and O–H groups in total. The fourth-order valence-electron chi connectivity index (χ4n) is 1.66. The van der Waals surface area contributed by atoms with Gasteiger partial charge < -0.3 is 9.47 Å². The van der Waals surface area contributed by atoms with E-state index < -0.39 is 0 Å². The van der Waals surface area contributed by atoms with Crippen molar-refractivity contribution in [3.63, 3.8) is 0 Å². The van der Waals surface area contributed by atoms with Gasteiger partial charge in [0, 0.05) is 25.7 Å². The second-order valence-corrected chi connectivity index (χ2v) is 5.65. The standard InChI is InChI=1S/C19H30O4/c1-5-7-8-9-11-17(6-2)23-19(21)13-10-12-18(20)22-15-14-16(3)4/h14,17H,5-7,10-13,15H2,1-4H3. The van der Waals surface area contributed by atoms with Gasteiger partial charge in [-0.25, -0.2) is 0 Å². The van der Waals surface area contributed by atoms with Gasteiger partial charge in [0.1, 0.15) is 12.7 Å². The van der Waals surface area contributed by atoms with Gasteiger partial charge in [-0.15, -0.1) is 5.92 Å². The molecule has 23 heavy (non-hydrogen) atoms. The molecular formula is C19H30O4. The first-order chi connectivity index (χ1) is 11.0. The van der Waals surface area contributed by atoms with E-state index in [1.165, 1.54) is 0 Å². The molecule has 0 saturated heterocycles. The molecule has 0 aromatic heterocycles. The van der Waals surface area contributed by atoms with E-state index in [0.29, 0.717) is 19.4 Å². The maximum Gasteiger partial charge on any atom is 0.306 e. The summed E-state index contributed by atoms with van der Waals surface area (Å²) >= 11 is 0. The largest absolute Gasteiger partial charge is 0.461 e. The zero-order valence-electron chi connectivity index (χ0n) is 14.9. The van der Waals surface area contributed by atoms with Crippen LogP contribution in [0.15, 0.2) is 11.6 Å². The molecule has 0 spiro atoms. The molecule has 0 radical (unpaired) electrons. The maximum absolute atomic E-state index is 11.8. The average Bonchev–Trinajstić information content (AvgIpc) is 2.50. The normalized spacial score (nSPS) is 11.0. The van der Waals surface area contributed by atoms with Gasteiger partial charge >= 0.3 is 11.9 Å². The van der Waals surface area contributed by atoms with E-state index in [1.807, 2.05) is 26.8 Å². The van der Waals surface area contributed by atoms with Gasteiger partial charge in [-0.2, -0.15) is 0 Å². The summed E-state index contributed by atoms with van der Waals surface area (Å²) in [6, 6.07) is 0. The van der Waals surface area contributed by atoms with Gasteiger partial charge in [-0.05, 0) is 39.2 Å². The summed E-state index contributed by atoms with van der Waals surface area (Å²) in [4.78, 5) is 23.2. The average molecular weight is 322 g/mol. The van der Waals surface area contributed by atoms with Gasteiger partial charge in [-0.3, -0.25) is 9.59 Å². The number of allylic oxidation sites excluding steroid dienone is 1. The molecule has 0 heterocycles. The van der Waals surface area contributed by atoms with Crippen LogP contribution in [0, 0.1) is 11.8 Å². The number of hydrogen-bond donors (Lipinski definition) is 0. The van der Waals surface area contributed by atoms with Crippen molar-refractivity contribution < 1.29 is 19.1 Å². The van der Waals surface area contributed by atoms with Crippen LogP contribution in [0.25, 0.3) is 0 Å². The second-order valence-electron chi connectivity index (χ2n) is 5.65. The molecule has 0 aromatic rings. The minimum atomic E-state index is -0.284. The summed E-state index contributed by atoms with van der Waals surface area (Å²) in [7, 11) is 0. The number of esters is 2. The third-order valence-corrected chi connectivity index (χ3v) is 3.08. The molecule has 0 bridgehead atoms. The van der Waals surface area contributed by atoms with Crippen LogP contribution in [0.3, 0.4) is 0 Å². The third kappa shape index (κ3) is 13.6. The smallest absolute Gasteiger partial charge is 0.306 e. The number of ether oxygens (including phenoxy) is 2. The van der Waals surface area contributed by atoms with Crippen molar-refractivity contribution in [2.24, 2.45) is 0 Å². The van der Waals surface area contributed by atoms with Crippen LogP contribution in [0.2, 0.25) is 0 Å². The quantitative estimate of drug-likeness (QED) is 0.344. The summed E-state index contributed by atoms with van der Waals surface area (Å²) in [5.41, 5.74) is 1.11. The number of unbranched alkanes of at least 4 members (excludes halogenated alkanes) is 1. The Hall–Kier alpha value is -1.76. The lowest BCUT2D eigenvalue weighted by molar-refractivity contribution is -0.149. The molecule has 0 aromatic carbocycles. The zero-order chi connectivity index (χ0) is 17.5. The maximum atomic E-state index is 11.8. The molecule has 0 amide bonds. The molecule has 0 aliphatic heterocycles. The number of carbonyl (C=O) groups excluding carboxylic acids is 2. The van der Waals surface area contributed by atoms with Gasteiger partial charge in [-0.1, -0.05) is 25.3 Å². The first-order valence-electron chi connectivity index (χ1n) is 8.43. The number of carbonyl (C=O) groups is 2. The molecule has 0 aliphatic rings. The third-order valence-electron chi connectivity index (χ3n) is 3.08. The Kier molecular flexibility index (Phi) is 12.8. The summed E-state index contributed by atoms with van der Waals surface area (Å²) in [5.74, 6) is 5.54. The van der Waals surface area contributed by atoms with Crippen LogP contribution >= 0.6 is 0 Å². The van der Waals surface area contributed by atoms with E-state index in [-0.39, 0.29) is 30.9 Å². The van der Waals surface area contributed by atoms with Crippen LogP contribution in [0.5, 0.6) is 0 Å². The van der Waals surface area contributed by atoms with Crippen molar-refractivity contribution in [1.82, 2.24) is 0 Å². The fourth-order valence-corrected chi connectivity index (χ4v) is 1.66. The Morgan fingerprint density at radius 1 is 1.09 bits per heavy atom. The monoisotopic (exact) mass is 322 g/mol. The van der Waals surface area contributed by atoms with Crippen molar-refractivity contribution in [2.45, 2.75) is 78.7 Å². The molecule has 0 saturated carbocycles. The van der Waals surface area contributed by atoms with Gasteiger partial charge in [0.05, 0.1) is 0 Å². The fraction of sp³-hybridized carbons (Fsp3) is 0.684. The highest BCUT2D eigenvalue weighted by molar-refractivity contribution is 5.72. The molecule has 0 fully saturated rings. The minimum absolute atomic E-state index is 0.156. The topological polar surface area (TPSA) is 52.6 Å². The Morgan fingerprint density at radius 2 is 1.78 bits per heavy atom. The van der Waals surface area contributed by atoms with Crippen molar-refractivity contribution in [3.8, 4) is 11.8 Å². The SMILES string of the molecule is CCCC#CCC(CC)OC(=O)CCCC(=O)OCC=C(C)C. The zero-order valence-corrected chi connectivity index (χ0v) is 14.9. The van der Waals surface area contributed by atoms with Crippen LogP contribution in [-0.4, -0.2) is 24.6 Å². The first-order valence-corrected chi connectivity index (χ1v) is 8.43. The van der Waals surface area contributed by atoms with Crippen LogP contribution in [0.4, 0.5) is 0 Å². The molecular weight excluding hydrogens is 292 g/mol. The van der Waals surface area contributed by atoms with E-state index >= 15 is 0 Å². The van der Waals surface area contributed by atoms with Crippen molar-refractivity contribution in [1.29, 1.82) is 0 Å². The molecule has 0 rings (SSSR count). The van der Waals surface area contributed by atoms with Gasteiger partial charge in [0.25, 0.3) is 0 Å². The first kappa shape index (κ1) is 21.2. The molecule has 0 aliphatic carbocycles. The van der Waals surface area contributed by atoms with E-state index in [1.54, 1.807) is 0 Å². The molecule has 1 atom stereocenters. The van der Waals surface area contributed by atoms with E-state index in [0.717, 1.165) is 24.8 Å². The van der Waals surface area contributed by atoms with Gasteiger partial charge in [0.2, 0.25) is 0 Å². The predicted octanol–water partition coefficient (Wildman–Crippen LogP) is 4.18. The lowest BCUT2D eigenvalue weighted by atomic mass is 10.2. The lowest BCUT2D eigenvalue weighted by Crippen LogP contribution is -2.17. The molecule has 4 heteroatoms. The highest BCUT2D eigenvalue weighted by atomic mass is 16.5. The van der Waals surface area contributed by atoms with Crippen LogP contribution in [-0.2, 0) is 19.1 Å². The molecule has 130 valence electrons.